The van der Waals surface area contributed by atoms with Gasteiger partial charge in [-0.1, -0.05) is 37.6 Å². The molecule has 0 aliphatic heterocycles. The summed E-state index contributed by atoms with van der Waals surface area (Å²) in [5.74, 6) is 1.99. The fourth-order valence-electron chi connectivity index (χ4n) is 3.91. The number of nitrogens with one attached hydrogen (secondary N) is 1. The Labute approximate surface area is 189 Å². The van der Waals surface area contributed by atoms with E-state index < -0.39 is 0 Å². The van der Waals surface area contributed by atoms with Crippen molar-refractivity contribution >= 4 is 28.5 Å². The Morgan fingerprint density at radius 3 is 2.52 bits per heavy atom. The van der Waals surface area contributed by atoms with E-state index in [4.69, 9.17) is 21.3 Å². The number of hydrogen-bond acceptors (Lipinski definition) is 3. The van der Waals surface area contributed by atoms with Crippen LogP contribution in [-0.2, 0) is 17.8 Å². The first-order chi connectivity index (χ1) is 14.9. The van der Waals surface area contributed by atoms with E-state index in [1.807, 2.05) is 44.2 Å². The average Bonchev–Trinajstić information content (AvgIpc) is 3.10. The van der Waals surface area contributed by atoms with Gasteiger partial charge in [0.1, 0.15) is 18.2 Å². The number of benzene rings is 2. The Morgan fingerprint density at radius 2 is 1.84 bits per heavy atom. The lowest BCUT2D eigenvalue weighted by atomic mass is 10.0. The highest BCUT2D eigenvalue weighted by Crippen LogP contribution is 2.26. The maximum absolute atomic E-state index is 12.3. The summed E-state index contributed by atoms with van der Waals surface area (Å²) in [4.78, 5) is 17.1. The number of ether oxygens (including phenoxy) is 1. The molecule has 3 rings (SSSR count). The molecular weight excluding hydrogens is 410 g/mol. The smallest absolute Gasteiger partial charge is 0.223 e. The van der Waals surface area contributed by atoms with Gasteiger partial charge in [-0.25, -0.2) is 4.98 Å². The molecule has 0 spiro atoms. The van der Waals surface area contributed by atoms with Crippen LogP contribution in [0, 0.1) is 19.8 Å². The summed E-state index contributed by atoms with van der Waals surface area (Å²) >= 11 is 6.26. The van der Waals surface area contributed by atoms with E-state index in [9.17, 15) is 4.79 Å². The lowest BCUT2D eigenvalue weighted by Gasteiger charge is -2.14. The number of hydrogen-bond donors (Lipinski definition) is 1. The van der Waals surface area contributed by atoms with Crippen molar-refractivity contribution in [3.05, 3.63) is 58.4 Å². The number of amides is 1. The number of fused-ring (bicyclic) bond motifs is 1. The molecule has 1 aromatic heterocycles. The van der Waals surface area contributed by atoms with Crippen molar-refractivity contribution < 1.29 is 9.53 Å². The van der Waals surface area contributed by atoms with Crippen LogP contribution in [-0.4, -0.2) is 28.6 Å². The summed E-state index contributed by atoms with van der Waals surface area (Å²) in [5, 5.41) is 3.85. The van der Waals surface area contributed by atoms with Crippen LogP contribution in [0.2, 0.25) is 5.02 Å². The number of carbonyl (C=O) groups excluding carboxylic acids is 1. The molecule has 0 aliphatic rings. The van der Waals surface area contributed by atoms with Crippen LogP contribution < -0.4 is 10.1 Å². The van der Waals surface area contributed by atoms with Crippen LogP contribution in [0.15, 0.2) is 36.4 Å². The molecule has 2 aromatic carbocycles. The molecule has 31 heavy (non-hydrogen) atoms. The van der Waals surface area contributed by atoms with Crippen molar-refractivity contribution in [2.75, 3.05) is 13.2 Å². The van der Waals surface area contributed by atoms with E-state index in [0.717, 1.165) is 51.6 Å². The molecule has 0 unspecified atom stereocenters. The fourth-order valence-corrected chi connectivity index (χ4v) is 4.02. The largest absolute Gasteiger partial charge is 0.492 e. The van der Waals surface area contributed by atoms with Crippen molar-refractivity contribution in [1.82, 2.24) is 14.9 Å². The highest BCUT2D eigenvalue weighted by molar-refractivity contribution is 6.32. The number of aromatic nitrogens is 2. The summed E-state index contributed by atoms with van der Waals surface area (Å²) in [6, 6.07) is 12.0. The molecule has 0 saturated carbocycles. The Morgan fingerprint density at radius 1 is 1.16 bits per heavy atom. The molecular formula is C25H32ClN3O2. The molecule has 6 heteroatoms. The van der Waals surface area contributed by atoms with Gasteiger partial charge < -0.3 is 14.6 Å². The third kappa shape index (κ3) is 5.59. The number of carbonyl (C=O) groups is 1. The molecule has 166 valence electrons. The minimum Gasteiger partial charge on any atom is -0.492 e. The van der Waals surface area contributed by atoms with E-state index >= 15 is 0 Å². The average molecular weight is 442 g/mol. The van der Waals surface area contributed by atoms with Crippen LogP contribution in [0.4, 0.5) is 0 Å². The normalized spacial score (nSPS) is 11.3. The van der Waals surface area contributed by atoms with Crippen LogP contribution in [0.5, 0.6) is 5.75 Å². The van der Waals surface area contributed by atoms with Gasteiger partial charge in [-0.2, -0.15) is 0 Å². The topological polar surface area (TPSA) is 56.2 Å². The van der Waals surface area contributed by atoms with Gasteiger partial charge in [-0.05, 0) is 62.1 Å². The van der Waals surface area contributed by atoms with Crippen LogP contribution in [0.25, 0.3) is 11.0 Å². The van der Waals surface area contributed by atoms with E-state index in [2.05, 4.69) is 29.8 Å². The molecule has 0 fully saturated rings. The summed E-state index contributed by atoms with van der Waals surface area (Å²) < 4.78 is 8.21. The molecule has 5 nitrogen and oxygen atoms in total. The van der Waals surface area contributed by atoms with Gasteiger partial charge in [0.15, 0.2) is 0 Å². The van der Waals surface area contributed by atoms with Crippen LogP contribution >= 0.6 is 11.6 Å². The second kappa shape index (κ2) is 10.7. The number of para-hydroxylation sites is 2. The predicted octanol–water partition coefficient (Wildman–Crippen LogP) is 5.48. The number of aryl methyl sites for hydroxylation is 2. The first-order valence-electron chi connectivity index (χ1n) is 11.1. The summed E-state index contributed by atoms with van der Waals surface area (Å²) in [5.41, 5.74) is 4.06. The lowest BCUT2D eigenvalue weighted by molar-refractivity contribution is -0.125. The molecule has 0 saturated heterocycles. The molecule has 0 bridgehead atoms. The fraction of sp³-hybridized carbons (Fsp3) is 0.440. The van der Waals surface area contributed by atoms with Gasteiger partial charge in [0.2, 0.25) is 5.91 Å². The number of imidazole rings is 1. The van der Waals surface area contributed by atoms with Crippen LogP contribution in [0.1, 0.15) is 43.6 Å². The molecule has 0 radical (unpaired) electrons. The third-order valence-electron chi connectivity index (χ3n) is 5.73. The van der Waals surface area contributed by atoms with E-state index in [0.29, 0.717) is 26.1 Å². The molecule has 1 N–H and O–H groups in total. The van der Waals surface area contributed by atoms with E-state index in [-0.39, 0.29) is 11.8 Å². The van der Waals surface area contributed by atoms with E-state index in [1.165, 1.54) is 0 Å². The van der Waals surface area contributed by atoms with Crippen molar-refractivity contribution in [3.8, 4) is 5.75 Å². The van der Waals surface area contributed by atoms with Crippen LogP contribution in [0.3, 0.4) is 0 Å². The number of rotatable bonds is 10. The van der Waals surface area contributed by atoms with Gasteiger partial charge in [-0.3, -0.25) is 4.79 Å². The highest BCUT2D eigenvalue weighted by atomic mass is 35.5. The highest BCUT2D eigenvalue weighted by Gasteiger charge is 2.15. The Hall–Kier alpha value is -2.53. The quantitative estimate of drug-likeness (QED) is 0.453. The van der Waals surface area contributed by atoms with Gasteiger partial charge in [0.25, 0.3) is 0 Å². The molecule has 0 atom stereocenters. The summed E-state index contributed by atoms with van der Waals surface area (Å²) in [6.07, 6.45) is 2.41. The van der Waals surface area contributed by atoms with Gasteiger partial charge in [0, 0.05) is 23.9 Å². The minimum atomic E-state index is 0.0820. The minimum absolute atomic E-state index is 0.0820. The SMILES string of the molecule is CCC(CC)C(=O)NCCc1nc2ccccc2n1CCOc1cc(C)c(Cl)c(C)c1. The number of halogens is 1. The summed E-state index contributed by atoms with van der Waals surface area (Å²) in [6.45, 7) is 9.85. The Bertz CT molecular complexity index is 1020. The Balaban J connectivity index is 1.68. The van der Waals surface area contributed by atoms with Crippen molar-refractivity contribution in [1.29, 1.82) is 0 Å². The zero-order chi connectivity index (χ0) is 22.4. The molecule has 0 aliphatic carbocycles. The van der Waals surface area contributed by atoms with Crippen molar-refractivity contribution in [3.63, 3.8) is 0 Å². The second-order valence-electron chi connectivity index (χ2n) is 7.94. The van der Waals surface area contributed by atoms with Gasteiger partial charge >= 0.3 is 0 Å². The lowest BCUT2D eigenvalue weighted by Crippen LogP contribution is -2.32. The van der Waals surface area contributed by atoms with Gasteiger partial charge in [-0.15, -0.1) is 0 Å². The van der Waals surface area contributed by atoms with Gasteiger partial charge in [0.05, 0.1) is 17.6 Å². The third-order valence-corrected chi connectivity index (χ3v) is 6.33. The second-order valence-corrected chi connectivity index (χ2v) is 8.32. The first-order valence-corrected chi connectivity index (χ1v) is 11.4. The predicted molar refractivity (Wildman–Crippen MR) is 127 cm³/mol. The molecule has 1 heterocycles. The zero-order valence-electron chi connectivity index (χ0n) is 18.9. The number of nitrogens with zero attached hydrogens (tertiary/aromatic N) is 2. The first kappa shape index (κ1) is 23.1. The van der Waals surface area contributed by atoms with Crippen molar-refractivity contribution in [2.24, 2.45) is 5.92 Å². The maximum Gasteiger partial charge on any atom is 0.223 e. The molecule has 1 amide bonds. The zero-order valence-corrected chi connectivity index (χ0v) is 19.6. The van der Waals surface area contributed by atoms with Crippen molar-refractivity contribution in [2.45, 2.75) is 53.5 Å². The monoisotopic (exact) mass is 441 g/mol. The van der Waals surface area contributed by atoms with E-state index in [1.54, 1.807) is 0 Å². The standard InChI is InChI=1S/C25H32ClN3O2/c1-5-19(6-2)25(30)27-12-11-23-28-21-9-7-8-10-22(21)29(23)13-14-31-20-15-17(3)24(26)18(4)16-20/h7-10,15-16,19H,5-6,11-14H2,1-4H3,(H,27,30). The molecule has 3 aromatic rings. The summed E-state index contributed by atoms with van der Waals surface area (Å²) in [7, 11) is 0. The Kier molecular flexibility index (Phi) is 7.97. The maximum atomic E-state index is 12.3.